The molecule has 0 radical (unpaired) electrons. The fraction of sp³-hybridized carbons (Fsp3) is 0.167. The van der Waals surface area contributed by atoms with E-state index in [9.17, 15) is 4.79 Å². The molecule has 3 aromatic carbocycles. The second-order valence-electron chi connectivity index (χ2n) is 6.57. The van der Waals surface area contributed by atoms with Crippen LogP contribution in [0.1, 0.15) is 21.5 Å². The van der Waals surface area contributed by atoms with Crippen LogP contribution in [0, 0.1) is 0 Å². The maximum Gasteiger partial charge on any atom is 0.275 e. The van der Waals surface area contributed by atoms with Gasteiger partial charge in [-0.1, -0.05) is 40.2 Å². The highest BCUT2D eigenvalue weighted by Gasteiger charge is 2.14. The van der Waals surface area contributed by atoms with Crippen molar-refractivity contribution >= 4 is 28.1 Å². The van der Waals surface area contributed by atoms with Gasteiger partial charge in [-0.15, -0.1) is 0 Å². The van der Waals surface area contributed by atoms with Gasteiger partial charge in [0.05, 0.1) is 33.1 Å². The average Bonchev–Trinajstić information content (AvgIpc) is 2.83. The number of carbonyl (C=O) groups is 1. The van der Waals surface area contributed by atoms with E-state index < -0.39 is 0 Å². The Morgan fingerprint density at radius 2 is 1.59 bits per heavy atom. The topological polar surface area (TPSA) is 78.4 Å². The van der Waals surface area contributed by atoms with Crippen molar-refractivity contribution in [3.63, 3.8) is 0 Å². The van der Waals surface area contributed by atoms with Crippen molar-refractivity contribution in [2.45, 2.75) is 6.61 Å². The zero-order valence-electron chi connectivity index (χ0n) is 17.9. The van der Waals surface area contributed by atoms with Gasteiger partial charge in [0.2, 0.25) is 5.75 Å². The van der Waals surface area contributed by atoms with Gasteiger partial charge in [-0.05, 0) is 42.0 Å². The molecule has 0 spiro atoms. The molecule has 0 aliphatic carbocycles. The molecule has 0 saturated heterocycles. The lowest BCUT2D eigenvalue weighted by Gasteiger charge is -2.12. The number of rotatable bonds is 9. The van der Waals surface area contributed by atoms with E-state index in [4.69, 9.17) is 18.9 Å². The lowest BCUT2D eigenvalue weighted by Crippen LogP contribution is -2.18. The van der Waals surface area contributed by atoms with E-state index in [0.717, 1.165) is 10.0 Å². The van der Waals surface area contributed by atoms with Gasteiger partial charge < -0.3 is 18.9 Å². The second-order valence-corrected chi connectivity index (χ2v) is 7.48. The Labute approximate surface area is 195 Å². The molecular formula is C24H23BrN2O5. The first-order valence-electron chi connectivity index (χ1n) is 9.65. The van der Waals surface area contributed by atoms with Crippen LogP contribution in [-0.4, -0.2) is 33.5 Å². The number of benzene rings is 3. The molecule has 3 aromatic rings. The van der Waals surface area contributed by atoms with Crippen LogP contribution in [0.4, 0.5) is 0 Å². The highest BCUT2D eigenvalue weighted by atomic mass is 79.9. The number of nitrogens with zero attached hydrogens (tertiary/aromatic N) is 1. The zero-order valence-corrected chi connectivity index (χ0v) is 19.5. The number of hydrogen-bond donors (Lipinski definition) is 1. The summed E-state index contributed by atoms with van der Waals surface area (Å²) in [5.74, 6) is 1.54. The standard InChI is InChI=1S/C24H23BrN2O5/c1-29-21-12-17(13-22(30-2)23(21)31-3)14-26-27-24(28)19-6-4-5-7-20(19)32-15-16-8-10-18(25)11-9-16/h4-14H,15H2,1-3H3,(H,27,28)/b26-14+. The first kappa shape index (κ1) is 23.1. The summed E-state index contributed by atoms with van der Waals surface area (Å²) in [6.45, 7) is 0.340. The number of hydrazone groups is 1. The molecule has 0 unspecified atom stereocenters. The molecule has 0 fully saturated rings. The van der Waals surface area contributed by atoms with Gasteiger partial charge in [0.15, 0.2) is 11.5 Å². The third kappa shape index (κ3) is 5.79. The fourth-order valence-corrected chi connectivity index (χ4v) is 3.19. The summed E-state index contributed by atoms with van der Waals surface area (Å²) in [7, 11) is 4.60. The molecule has 0 aromatic heterocycles. The Bertz CT molecular complexity index is 1070. The quantitative estimate of drug-likeness (QED) is 0.338. The third-order valence-electron chi connectivity index (χ3n) is 4.51. The Morgan fingerprint density at radius 1 is 0.938 bits per heavy atom. The van der Waals surface area contributed by atoms with Gasteiger partial charge in [0, 0.05) is 10.0 Å². The van der Waals surface area contributed by atoms with Crippen molar-refractivity contribution in [2.24, 2.45) is 5.10 Å². The number of halogens is 1. The van der Waals surface area contributed by atoms with E-state index in [2.05, 4.69) is 26.5 Å². The number of amides is 1. The van der Waals surface area contributed by atoms with Crippen molar-refractivity contribution < 1.29 is 23.7 Å². The largest absolute Gasteiger partial charge is 0.493 e. The normalized spacial score (nSPS) is 10.6. The van der Waals surface area contributed by atoms with E-state index in [0.29, 0.717) is 40.7 Å². The Kier molecular flexibility index (Phi) is 8.10. The molecule has 0 saturated carbocycles. The Hall–Kier alpha value is -3.52. The predicted octanol–water partition coefficient (Wildman–Crippen LogP) is 4.82. The number of nitrogens with one attached hydrogen (secondary N) is 1. The van der Waals surface area contributed by atoms with Gasteiger partial charge in [-0.3, -0.25) is 4.79 Å². The molecule has 0 aliphatic heterocycles. The maximum atomic E-state index is 12.7. The summed E-state index contributed by atoms with van der Waals surface area (Å²) in [5, 5.41) is 4.06. The molecule has 7 nitrogen and oxygen atoms in total. The summed E-state index contributed by atoms with van der Waals surface area (Å²) in [6.07, 6.45) is 1.49. The summed E-state index contributed by atoms with van der Waals surface area (Å²) in [5.41, 5.74) is 4.57. The number of hydrogen-bond acceptors (Lipinski definition) is 6. The van der Waals surface area contributed by atoms with Gasteiger partial charge in [0.25, 0.3) is 5.91 Å². The van der Waals surface area contributed by atoms with E-state index in [1.165, 1.54) is 27.5 Å². The van der Waals surface area contributed by atoms with Crippen LogP contribution in [0.25, 0.3) is 0 Å². The summed E-state index contributed by atoms with van der Waals surface area (Å²) in [6, 6.07) is 18.3. The molecule has 166 valence electrons. The minimum Gasteiger partial charge on any atom is -0.493 e. The Morgan fingerprint density at radius 3 is 2.22 bits per heavy atom. The van der Waals surface area contributed by atoms with Crippen LogP contribution < -0.4 is 24.4 Å². The highest BCUT2D eigenvalue weighted by Crippen LogP contribution is 2.37. The molecule has 0 heterocycles. The van der Waals surface area contributed by atoms with Crippen LogP contribution >= 0.6 is 15.9 Å². The van der Waals surface area contributed by atoms with Crippen LogP contribution in [-0.2, 0) is 6.61 Å². The van der Waals surface area contributed by atoms with Crippen LogP contribution in [0.2, 0.25) is 0 Å². The fourth-order valence-electron chi connectivity index (χ4n) is 2.92. The number of ether oxygens (including phenoxy) is 4. The lowest BCUT2D eigenvalue weighted by atomic mass is 10.2. The van der Waals surface area contributed by atoms with Gasteiger partial charge in [-0.2, -0.15) is 5.10 Å². The zero-order chi connectivity index (χ0) is 22.9. The summed E-state index contributed by atoms with van der Waals surface area (Å²) >= 11 is 3.41. The SMILES string of the molecule is COc1cc(/C=N/NC(=O)c2ccccc2OCc2ccc(Br)cc2)cc(OC)c1OC. The van der Waals surface area contributed by atoms with Crippen molar-refractivity contribution in [3.8, 4) is 23.0 Å². The molecule has 8 heteroatoms. The van der Waals surface area contributed by atoms with Crippen molar-refractivity contribution in [1.29, 1.82) is 0 Å². The van der Waals surface area contributed by atoms with Crippen molar-refractivity contribution in [1.82, 2.24) is 5.43 Å². The van der Waals surface area contributed by atoms with Crippen LogP contribution in [0.15, 0.2) is 70.2 Å². The monoisotopic (exact) mass is 498 g/mol. The lowest BCUT2D eigenvalue weighted by molar-refractivity contribution is 0.0950. The smallest absolute Gasteiger partial charge is 0.275 e. The molecule has 0 atom stereocenters. The van der Waals surface area contributed by atoms with Crippen LogP contribution in [0.3, 0.4) is 0 Å². The highest BCUT2D eigenvalue weighted by molar-refractivity contribution is 9.10. The molecular weight excluding hydrogens is 476 g/mol. The minimum atomic E-state index is -0.389. The molecule has 1 N–H and O–H groups in total. The van der Waals surface area contributed by atoms with Crippen molar-refractivity contribution in [2.75, 3.05) is 21.3 Å². The van der Waals surface area contributed by atoms with E-state index in [1.807, 2.05) is 30.3 Å². The molecule has 32 heavy (non-hydrogen) atoms. The molecule has 0 bridgehead atoms. The second kappa shape index (κ2) is 11.2. The van der Waals surface area contributed by atoms with E-state index in [-0.39, 0.29) is 5.91 Å². The molecule has 1 amide bonds. The predicted molar refractivity (Wildman–Crippen MR) is 126 cm³/mol. The first-order chi connectivity index (χ1) is 15.5. The Balaban J connectivity index is 1.70. The van der Waals surface area contributed by atoms with Crippen LogP contribution in [0.5, 0.6) is 23.0 Å². The number of carbonyl (C=O) groups excluding carboxylic acids is 1. The van der Waals surface area contributed by atoms with E-state index in [1.54, 1.807) is 30.3 Å². The number of para-hydroxylation sites is 1. The van der Waals surface area contributed by atoms with Gasteiger partial charge in [-0.25, -0.2) is 5.43 Å². The average molecular weight is 499 g/mol. The summed E-state index contributed by atoms with van der Waals surface area (Å²) < 4.78 is 22.8. The minimum absolute atomic E-state index is 0.340. The van der Waals surface area contributed by atoms with Gasteiger partial charge >= 0.3 is 0 Å². The summed E-state index contributed by atoms with van der Waals surface area (Å²) in [4.78, 5) is 12.7. The third-order valence-corrected chi connectivity index (χ3v) is 5.03. The maximum absolute atomic E-state index is 12.7. The molecule has 3 rings (SSSR count). The number of methoxy groups -OCH3 is 3. The van der Waals surface area contributed by atoms with Crippen molar-refractivity contribution in [3.05, 3.63) is 81.8 Å². The first-order valence-corrected chi connectivity index (χ1v) is 10.4. The van der Waals surface area contributed by atoms with Gasteiger partial charge in [0.1, 0.15) is 12.4 Å². The molecule has 0 aliphatic rings. The van der Waals surface area contributed by atoms with E-state index >= 15 is 0 Å².